The summed E-state index contributed by atoms with van der Waals surface area (Å²) in [7, 11) is 0. The van der Waals surface area contributed by atoms with Gasteiger partial charge in [-0.1, -0.05) is 0 Å². The van der Waals surface area contributed by atoms with Crippen molar-refractivity contribution >= 4 is 11.9 Å². The SMILES string of the molecule is Cc1cc(Oc2nc(NN)nc(N3CCCC3)n2)n[nH]1. The van der Waals surface area contributed by atoms with Crippen LogP contribution in [0.25, 0.3) is 0 Å². The van der Waals surface area contributed by atoms with Crippen molar-refractivity contribution in [2.75, 3.05) is 23.4 Å². The van der Waals surface area contributed by atoms with E-state index in [0.29, 0.717) is 11.8 Å². The maximum atomic E-state index is 5.52. The van der Waals surface area contributed by atoms with Crippen LogP contribution >= 0.6 is 0 Å². The second kappa shape index (κ2) is 5.29. The second-order valence-corrected chi connectivity index (χ2v) is 4.57. The quantitative estimate of drug-likeness (QED) is 0.548. The molecule has 3 heterocycles. The van der Waals surface area contributed by atoms with Gasteiger partial charge in [0.15, 0.2) is 0 Å². The van der Waals surface area contributed by atoms with Crippen molar-refractivity contribution in [3.05, 3.63) is 11.8 Å². The maximum Gasteiger partial charge on any atom is 0.330 e. The number of aromatic amines is 1. The number of nitrogens with two attached hydrogens (primary N) is 1. The topological polar surface area (TPSA) is 118 Å². The highest BCUT2D eigenvalue weighted by Crippen LogP contribution is 2.22. The highest BCUT2D eigenvalue weighted by molar-refractivity contribution is 5.39. The molecule has 0 bridgehead atoms. The summed E-state index contributed by atoms with van der Waals surface area (Å²) in [5, 5.41) is 6.77. The number of hydrazine groups is 1. The average Bonchev–Trinajstić information content (AvgIpc) is 3.10. The van der Waals surface area contributed by atoms with Crippen LogP contribution in [0.1, 0.15) is 18.5 Å². The molecule has 0 atom stereocenters. The number of anilines is 2. The molecule has 9 heteroatoms. The molecule has 0 amide bonds. The highest BCUT2D eigenvalue weighted by atomic mass is 16.5. The Hall–Kier alpha value is -2.42. The van der Waals surface area contributed by atoms with Gasteiger partial charge in [0.25, 0.3) is 0 Å². The minimum absolute atomic E-state index is 0.168. The highest BCUT2D eigenvalue weighted by Gasteiger charge is 2.18. The number of nitrogens with zero attached hydrogens (tertiary/aromatic N) is 5. The minimum atomic E-state index is 0.168. The number of nitrogens with one attached hydrogen (secondary N) is 2. The van der Waals surface area contributed by atoms with Crippen molar-refractivity contribution in [2.45, 2.75) is 19.8 Å². The molecule has 0 spiro atoms. The van der Waals surface area contributed by atoms with Crippen molar-refractivity contribution in [2.24, 2.45) is 5.84 Å². The number of nitrogen functional groups attached to an aromatic ring is 1. The fourth-order valence-corrected chi connectivity index (χ4v) is 2.05. The van der Waals surface area contributed by atoms with Crippen LogP contribution in [0.2, 0.25) is 0 Å². The minimum Gasteiger partial charge on any atom is -0.403 e. The lowest BCUT2D eigenvalue weighted by Gasteiger charge is -2.15. The summed E-state index contributed by atoms with van der Waals surface area (Å²) in [6.07, 6.45) is 2.26. The summed E-state index contributed by atoms with van der Waals surface area (Å²) in [5.74, 6) is 6.62. The van der Waals surface area contributed by atoms with Gasteiger partial charge in [-0.05, 0) is 19.8 Å². The lowest BCUT2D eigenvalue weighted by atomic mass is 10.4. The molecule has 1 saturated heterocycles. The predicted molar refractivity (Wildman–Crippen MR) is 72.5 cm³/mol. The van der Waals surface area contributed by atoms with E-state index in [9.17, 15) is 0 Å². The van der Waals surface area contributed by atoms with Gasteiger partial charge in [0.05, 0.1) is 0 Å². The molecule has 1 fully saturated rings. The number of ether oxygens (including phenoxy) is 1. The molecule has 2 aromatic heterocycles. The zero-order valence-electron chi connectivity index (χ0n) is 11.1. The van der Waals surface area contributed by atoms with Crippen LogP contribution in [-0.2, 0) is 0 Å². The number of hydrogen-bond donors (Lipinski definition) is 3. The number of aryl methyl sites for hydroxylation is 1. The first-order chi connectivity index (χ1) is 9.74. The first-order valence-corrected chi connectivity index (χ1v) is 6.42. The lowest BCUT2D eigenvalue weighted by Crippen LogP contribution is -2.22. The van der Waals surface area contributed by atoms with Gasteiger partial charge in [-0.15, -0.1) is 5.10 Å². The largest absolute Gasteiger partial charge is 0.403 e. The molecule has 20 heavy (non-hydrogen) atoms. The van der Waals surface area contributed by atoms with E-state index in [1.807, 2.05) is 6.92 Å². The van der Waals surface area contributed by atoms with E-state index >= 15 is 0 Å². The molecule has 2 aromatic rings. The molecule has 9 nitrogen and oxygen atoms in total. The molecule has 0 aliphatic carbocycles. The van der Waals surface area contributed by atoms with Crippen LogP contribution in [0.4, 0.5) is 11.9 Å². The van der Waals surface area contributed by atoms with Gasteiger partial charge >= 0.3 is 6.01 Å². The van der Waals surface area contributed by atoms with E-state index in [1.54, 1.807) is 6.07 Å². The summed E-state index contributed by atoms with van der Waals surface area (Å²) in [6, 6.07) is 1.93. The van der Waals surface area contributed by atoms with Crippen LogP contribution in [0.15, 0.2) is 6.07 Å². The molecule has 1 aliphatic rings. The summed E-state index contributed by atoms with van der Waals surface area (Å²) < 4.78 is 5.52. The van der Waals surface area contributed by atoms with Gasteiger partial charge < -0.3 is 9.64 Å². The molecule has 0 saturated carbocycles. The third kappa shape index (κ3) is 2.62. The Morgan fingerprint density at radius 3 is 2.75 bits per heavy atom. The summed E-state index contributed by atoms with van der Waals surface area (Å²) in [6.45, 7) is 3.74. The first-order valence-electron chi connectivity index (χ1n) is 6.42. The standard InChI is InChI=1S/C11H16N8O/c1-7-6-8(18-17-7)20-11-14-9(16-12)13-10(15-11)19-4-2-3-5-19/h6H,2-5,12H2,1H3,(H,17,18)(H,13,14,15,16). The molecule has 0 aromatic carbocycles. The number of rotatable bonds is 4. The Morgan fingerprint density at radius 1 is 1.30 bits per heavy atom. The molecule has 0 radical (unpaired) electrons. The molecule has 106 valence electrons. The smallest absolute Gasteiger partial charge is 0.330 e. The Labute approximate surface area is 115 Å². The van der Waals surface area contributed by atoms with Crippen molar-refractivity contribution < 1.29 is 4.74 Å². The Kier molecular flexibility index (Phi) is 3.33. The van der Waals surface area contributed by atoms with Crippen LogP contribution in [0, 0.1) is 6.92 Å². The second-order valence-electron chi connectivity index (χ2n) is 4.57. The van der Waals surface area contributed by atoms with Crippen molar-refractivity contribution in [3.8, 4) is 11.9 Å². The lowest BCUT2D eigenvalue weighted by molar-refractivity contribution is 0.422. The van der Waals surface area contributed by atoms with E-state index in [-0.39, 0.29) is 12.0 Å². The molecular weight excluding hydrogens is 260 g/mol. The predicted octanol–water partition coefficient (Wildman–Crippen LogP) is 0.581. The van der Waals surface area contributed by atoms with Crippen LogP contribution < -0.4 is 20.9 Å². The third-order valence-corrected chi connectivity index (χ3v) is 3.00. The third-order valence-electron chi connectivity index (χ3n) is 3.00. The monoisotopic (exact) mass is 276 g/mol. The van der Waals surface area contributed by atoms with E-state index in [4.69, 9.17) is 10.6 Å². The molecular formula is C11H16N8O. The Morgan fingerprint density at radius 2 is 2.10 bits per heavy atom. The zero-order chi connectivity index (χ0) is 13.9. The molecule has 3 rings (SSSR count). The van der Waals surface area contributed by atoms with Gasteiger partial charge in [0.1, 0.15) is 0 Å². The maximum absolute atomic E-state index is 5.52. The fraction of sp³-hybridized carbons (Fsp3) is 0.455. The van der Waals surface area contributed by atoms with E-state index in [0.717, 1.165) is 31.6 Å². The molecule has 0 unspecified atom stereocenters. The van der Waals surface area contributed by atoms with E-state index < -0.39 is 0 Å². The first kappa shape index (κ1) is 12.6. The van der Waals surface area contributed by atoms with Gasteiger partial charge in [0.2, 0.25) is 17.8 Å². The van der Waals surface area contributed by atoms with Gasteiger partial charge in [-0.25, -0.2) is 5.84 Å². The summed E-state index contributed by atoms with van der Waals surface area (Å²) in [4.78, 5) is 14.7. The van der Waals surface area contributed by atoms with Crippen LogP contribution in [0.3, 0.4) is 0 Å². The summed E-state index contributed by atoms with van der Waals surface area (Å²) >= 11 is 0. The van der Waals surface area contributed by atoms with Gasteiger partial charge in [-0.3, -0.25) is 10.5 Å². The number of H-pyrrole nitrogens is 1. The number of hydrogen-bond acceptors (Lipinski definition) is 8. The van der Waals surface area contributed by atoms with Gasteiger partial charge in [-0.2, -0.15) is 15.0 Å². The van der Waals surface area contributed by atoms with Gasteiger partial charge in [0, 0.05) is 24.8 Å². The Balaban J connectivity index is 1.87. The number of aromatic nitrogens is 5. The summed E-state index contributed by atoms with van der Waals surface area (Å²) in [5.41, 5.74) is 3.32. The molecule has 4 N–H and O–H groups in total. The molecule has 1 aliphatic heterocycles. The van der Waals surface area contributed by atoms with E-state index in [2.05, 4.69) is 35.5 Å². The Bertz CT molecular complexity index is 592. The zero-order valence-corrected chi connectivity index (χ0v) is 11.1. The van der Waals surface area contributed by atoms with Crippen LogP contribution in [0.5, 0.6) is 11.9 Å². The van der Waals surface area contributed by atoms with Crippen molar-refractivity contribution in [1.82, 2.24) is 25.1 Å². The van der Waals surface area contributed by atoms with E-state index in [1.165, 1.54) is 0 Å². The average molecular weight is 276 g/mol. The van der Waals surface area contributed by atoms with Crippen molar-refractivity contribution in [3.63, 3.8) is 0 Å². The normalized spacial score (nSPS) is 14.6. The van der Waals surface area contributed by atoms with Crippen LogP contribution in [-0.4, -0.2) is 38.2 Å². The van der Waals surface area contributed by atoms with Crippen molar-refractivity contribution in [1.29, 1.82) is 0 Å². The fourth-order valence-electron chi connectivity index (χ4n) is 2.05.